The number of aromatic nitrogens is 1. The lowest BCUT2D eigenvalue weighted by molar-refractivity contribution is -0.139. The molecule has 7 nitrogen and oxygen atoms in total. The van der Waals surface area contributed by atoms with E-state index in [-0.39, 0.29) is 16.7 Å². The van der Waals surface area contributed by atoms with Gasteiger partial charge in [0, 0.05) is 5.56 Å². The second kappa shape index (κ2) is 7.59. The van der Waals surface area contributed by atoms with Crippen LogP contribution in [0, 0.1) is 5.82 Å². The number of alkyl halides is 3. The van der Waals surface area contributed by atoms with Crippen LogP contribution in [0.4, 0.5) is 23.4 Å². The molecular weight excluding hydrogens is 424 g/mol. The topological polar surface area (TPSA) is 133 Å². The second-order valence-electron chi connectivity index (χ2n) is 6.37. The molecule has 0 aliphatic heterocycles. The molecule has 0 radical (unpaired) electrons. The van der Waals surface area contributed by atoms with Gasteiger partial charge < -0.3 is 20.9 Å². The van der Waals surface area contributed by atoms with Crippen LogP contribution in [0.1, 0.15) is 26.3 Å². The number of rotatable bonds is 4. The molecule has 1 heterocycles. The average molecular weight is 436 g/mol. The Labute approximate surface area is 170 Å². The van der Waals surface area contributed by atoms with E-state index < -0.39 is 57.6 Å². The number of nitrogen functional groups attached to an aromatic ring is 1. The van der Waals surface area contributed by atoms with Crippen molar-refractivity contribution in [3.8, 4) is 22.3 Å². The molecule has 0 bridgehead atoms. The molecule has 2 aromatic carbocycles. The molecule has 3 rings (SSSR count). The second-order valence-corrected chi connectivity index (χ2v) is 6.37. The van der Waals surface area contributed by atoms with Crippen LogP contribution < -0.4 is 11.3 Å². The maximum Gasteiger partial charge on any atom is 0.419 e. The van der Waals surface area contributed by atoms with Crippen molar-refractivity contribution in [1.82, 2.24) is 4.98 Å². The molecular formula is C20H12F4N2O5. The van der Waals surface area contributed by atoms with Crippen molar-refractivity contribution in [1.29, 1.82) is 0 Å². The molecule has 0 unspecified atom stereocenters. The van der Waals surface area contributed by atoms with Gasteiger partial charge in [-0.25, -0.2) is 14.0 Å². The first-order chi connectivity index (χ1) is 14.4. The Hall–Kier alpha value is -4.15. The fourth-order valence-electron chi connectivity index (χ4n) is 3.09. The van der Waals surface area contributed by atoms with Crippen molar-refractivity contribution in [3.05, 3.63) is 75.3 Å². The Balaban J connectivity index is 2.19. The van der Waals surface area contributed by atoms with E-state index in [9.17, 15) is 42.2 Å². The van der Waals surface area contributed by atoms with Crippen LogP contribution in [0.5, 0.6) is 0 Å². The zero-order valence-electron chi connectivity index (χ0n) is 15.2. The van der Waals surface area contributed by atoms with Gasteiger partial charge in [-0.1, -0.05) is 30.3 Å². The molecule has 160 valence electrons. The Morgan fingerprint density at radius 1 is 0.871 bits per heavy atom. The van der Waals surface area contributed by atoms with Crippen LogP contribution >= 0.6 is 0 Å². The largest absolute Gasteiger partial charge is 0.478 e. The van der Waals surface area contributed by atoms with Gasteiger partial charge in [0.15, 0.2) is 0 Å². The van der Waals surface area contributed by atoms with Gasteiger partial charge >= 0.3 is 18.1 Å². The lowest BCUT2D eigenvalue weighted by Crippen LogP contribution is -2.24. The molecule has 1 aromatic heterocycles. The van der Waals surface area contributed by atoms with Gasteiger partial charge in [0.05, 0.1) is 5.56 Å². The number of nitrogens with two attached hydrogens (primary N) is 1. The van der Waals surface area contributed by atoms with Gasteiger partial charge in [0.25, 0.3) is 5.56 Å². The minimum Gasteiger partial charge on any atom is -0.478 e. The van der Waals surface area contributed by atoms with Crippen molar-refractivity contribution in [2.75, 3.05) is 5.73 Å². The summed E-state index contributed by atoms with van der Waals surface area (Å²) in [6.07, 6.45) is -4.91. The summed E-state index contributed by atoms with van der Waals surface area (Å²) >= 11 is 0. The molecule has 0 atom stereocenters. The fourth-order valence-corrected chi connectivity index (χ4v) is 3.09. The lowest BCUT2D eigenvalue weighted by Gasteiger charge is -2.13. The SMILES string of the molecule is Nc1[nH]c(=O)c(C(=O)O)c(-c2ccc(-c3ccc(F)c(C(F)(F)F)c3)cc2)c1C(=O)O. The summed E-state index contributed by atoms with van der Waals surface area (Å²) in [4.78, 5) is 37.2. The van der Waals surface area contributed by atoms with Crippen LogP contribution in [-0.4, -0.2) is 27.1 Å². The maximum atomic E-state index is 13.5. The number of carboxylic acids is 2. The predicted octanol–water partition coefficient (Wildman–Crippen LogP) is 3.85. The Bertz CT molecular complexity index is 1260. The Kier molecular flexibility index (Phi) is 5.28. The third-order valence-corrected chi connectivity index (χ3v) is 4.45. The number of benzene rings is 2. The zero-order chi connectivity index (χ0) is 23.1. The number of aromatic amines is 1. The van der Waals surface area contributed by atoms with Crippen LogP contribution in [-0.2, 0) is 6.18 Å². The molecule has 5 N–H and O–H groups in total. The molecule has 31 heavy (non-hydrogen) atoms. The van der Waals surface area contributed by atoms with Crippen molar-refractivity contribution < 1.29 is 37.4 Å². The van der Waals surface area contributed by atoms with E-state index >= 15 is 0 Å². The molecule has 0 spiro atoms. The summed E-state index contributed by atoms with van der Waals surface area (Å²) in [5.41, 5.74) is 1.21. The minimum absolute atomic E-state index is 0.0163. The summed E-state index contributed by atoms with van der Waals surface area (Å²) in [7, 11) is 0. The standard InChI is InChI=1S/C20H12F4N2O5/c21-12-6-5-10(7-11(12)20(22,23)24)8-1-3-9(4-2-8)13-14(18(28)29)16(25)26-17(27)15(13)19(30)31/h1-7H,(H,28,29)(H,30,31)(H3,25,26,27). The molecule has 0 aliphatic rings. The molecule has 0 aliphatic carbocycles. The molecule has 0 amide bonds. The Morgan fingerprint density at radius 2 is 1.39 bits per heavy atom. The zero-order valence-corrected chi connectivity index (χ0v) is 15.2. The third kappa shape index (κ3) is 3.97. The van der Waals surface area contributed by atoms with Crippen LogP contribution in [0.3, 0.4) is 0 Å². The number of halogens is 4. The Morgan fingerprint density at radius 3 is 1.90 bits per heavy atom. The van der Waals surface area contributed by atoms with Gasteiger partial charge in [-0.05, 0) is 28.8 Å². The fraction of sp³-hybridized carbons (Fsp3) is 0.0500. The van der Waals surface area contributed by atoms with E-state index in [0.29, 0.717) is 12.1 Å². The molecule has 0 fully saturated rings. The highest BCUT2D eigenvalue weighted by atomic mass is 19.4. The van der Waals surface area contributed by atoms with Crippen LogP contribution in [0.2, 0.25) is 0 Å². The van der Waals surface area contributed by atoms with Gasteiger partial charge in [0.2, 0.25) is 0 Å². The molecule has 3 aromatic rings. The highest BCUT2D eigenvalue weighted by Gasteiger charge is 2.34. The minimum atomic E-state index is -4.91. The number of H-pyrrole nitrogens is 1. The van der Waals surface area contributed by atoms with E-state index in [1.807, 2.05) is 4.98 Å². The van der Waals surface area contributed by atoms with Crippen molar-refractivity contribution in [3.63, 3.8) is 0 Å². The number of hydrogen-bond acceptors (Lipinski definition) is 4. The first kappa shape index (κ1) is 21.6. The van der Waals surface area contributed by atoms with E-state index in [2.05, 4.69) is 0 Å². The highest BCUT2D eigenvalue weighted by molar-refractivity contribution is 6.07. The number of carboxylic acid groups (broad SMARTS) is 2. The lowest BCUT2D eigenvalue weighted by atomic mass is 9.93. The van der Waals surface area contributed by atoms with Gasteiger partial charge in [0.1, 0.15) is 22.8 Å². The summed E-state index contributed by atoms with van der Waals surface area (Å²) < 4.78 is 52.4. The predicted molar refractivity (Wildman–Crippen MR) is 101 cm³/mol. The number of nitrogens with one attached hydrogen (secondary N) is 1. The monoisotopic (exact) mass is 436 g/mol. The molecule has 11 heteroatoms. The highest BCUT2D eigenvalue weighted by Crippen LogP contribution is 2.35. The number of carbonyl (C=O) groups is 2. The van der Waals surface area contributed by atoms with E-state index in [1.54, 1.807) is 0 Å². The van der Waals surface area contributed by atoms with Gasteiger partial charge in [-0.3, -0.25) is 4.79 Å². The van der Waals surface area contributed by atoms with Crippen molar-refractivity contribution >= 4 is 17.8 Å². The first-order valence-corrected chi connectivity index (χ1v) is 8.41. The average Bonchev–Trinajstić information content (AvgIpc) is 2.66. The number of hydrogen-bond donors (Lipinski definition) is 4. The normalized spacial score (nSPS) is 11.4. The molecule has 0 saturated carbocycles. The summed E-state index contributed by atoms with van der Waals surface area (Å²) in [5.74, 6) is -5.29. The maximum absolute atomic E-state index is 13.5. The van der Waals surface area contributed by atoms with E-state index in [4.69, 9.17) is 5.73 Å². The van der Waals surface area contributed by atoms with Crippen LogP contribution in [0.15, 0.2) is 47.3 Å². The number of pyridine rings is 1. The van der Waals surface area contributed by atoms with Gasteiger partial charge in [-0.2, -0.15) is 13.2 Å². The van der Waals surface area contributed by atoms with Crippen LogP contribution in [0.25, 0.3) is 22.3 Å². The smallest absolute Gasteiger partial charge is 0.419 e. The van der Waals surface area contributed by atoms with Crippen molar-refractivity contribution in [2.45, 2.75) is 6.18 Å². The summed E-state index contributed by atoms with van der Waals surface area (Å²) in [6, 6.07) is 7.39. The first-order valence-electron chi connectivity index (χ1n) is 8.41. The van der Waals surface area contributed by atoms with Gasteiger partial charge in [-0.15, -0.1) is 0 Å². The molecule has 0 saturated heterocycles. The van der Waals surface area contributed by atoms with E-state index in [1.165, 1.54) is 24.3 Å². The quantitative estimate of drug-likeness (QED) is 0.459. The number of anilines is 1. The third-order valence-electron chi connectivity index (χ3n) is 4.45. The number of aromatic carboxylic acids is 2. The van der Waals surface area contributed by atoms with Crippen molar-refractivity contribution in [2.24, 2.45) is 0 Å². The summed E-state index contributed by atoms with van der Waals surface area (Å²) in [6.45, 7) is 0. The van der Waals surface area contributed by atoms with E-state index in [0.717, 1.165) is 6.07 Å². The summed E-state index contributed by atoms with van der Waals surface area (Å²) in [5, 5.41) is 18.8.